The molecule has 106 valence electrons. The van der Waals surface area contributed by atoms with Gasteiger partial charge >= 0.3 is 5.97 Å². The van der Waals surface area contributed by atoms with Crippen molar-refractivity contribution < 1.29 is 14.7 Å². The van der Waals surface area contributed by atoms with Crippen molar-refractivity contribution >= 4 is 23.2 Å². The Labute approximate surface area is 117 Å². The summed E-state index contributed by atoms with van der Waals surface area (Å²) in [6.45, 7) is 4.21. The molecule has 5 nitrogen and oxygen atoms in total. The molecule has 3 N–H and O–H groups in total. The van der Waals surface area contributed by atoms with Crippen molar-refractivity contribution in [3.05, 3.63) is 22.4 Å². The van der Waals surface area contributed by atoms with Crippen LogP contribution in [0.15, 0.2) is 17.5 Å². The fraction of sp³-hybridized carbons (Fsp3) is 0.538. The molecule has 0 radical (unpaired) electrons. The Kier molecular flexibility index (Phi) is 6.52. The minimum atomic E-state index is -0.929. The van der Waals surface area contributed by atoms with Gasteiger partial charge in [-0.2, -0.15) is 0 Å². The van der Waals surface area contributed by atoms with Crippen LogP contribution in [0.4, 0.5) is 0 Å². The van der Waals surface area contributed by atoms with E-state index in [-0.39, 0.29) is 18.4 Å². The van der Waals surface area contributed by atoms with Crippen LogP contribution in [0.3, 0.4) is 0 Å². The van der Waals surface area contributed by atoms with E-state index in [0.717, 1.165) is 6.42 Å². The highest BCUT2D eigenvalue weighted by molar-refractivity contribution is 7.09. The number of carbonyl (C=O) groups excluding carboxylic acids is 1. The lowest BCUT2D eigenvalue weighted by atomic mass is 10.1. The molecule has 0 spiro atoms. The molecule has 0 bridgehead atoms. The van der Waals surface area contributed by atoms with E-state index in [1.165, 1.54) is 4.88 Å². The number of hydrogen-bond acceptors (Lipinski definition) is 4. The molecule has 1 aromatic rings. The predicted molar refractivity (Wildman–Crippen MR) is 75.3 cm³/mol. The average molecular weight is 284 g/mol. The van der Waals surface area contributed by atoms with E-state index in [2.05, 4.69) is 10.6 Å². The first-order valence-corrected chi connectivity index (χ1v) is 7.14. The van der Waals surface area contributed by atoms with Crippen LogP contribution in [0.25, 0.3) is 0 Å². The van der Waals surface area contributed by atoms with E-state index in [4.69, 9.17) is 5.11 Å². The molecule has 0 aliphatic carbocycles. The Morgan fingerprint density at radius 2 is 2.16 bits per heavy atom. The molecular weight excluding hydrogens is 264 g/mol. The Morgan fingerprint density at radius 3 is 2.68 bits per heavy atom. The van der Waals surface area contributed by atoms with Gasteiger partial charge in [-0.1, -0.05) is 19.9 Å². The van der Waals surface area contributed by atoms with Gasteiger partial charge in [0, 0.05) is 11.4 Å². The lowest BCUT2D eigenvalue weighted by Crippen LogP contribution is -2.46. The summed E-state index contributed by atoms with van der Waals surface area (Å²) in [4.78, 5) is 23.7. The normalized spacial score (nSPS) is 12.4. The number of amides is 1. The Balaban J connectivity index is 2.22. The monoisotopic (exact) mass is 284 g/mol. The van der Waals surface area contributed by atoms with Gasteiger partial charge in [0.05, 0.1) is 6.54 Å². The van der Waals surface area contributed by atoms with Crippen molar-refractivity contribution in [1.82, 2.24) is 10.6 Å². The second-order valence-corrected chi connectivity index (χ2v) is 5.65. The van der Waals surface area contributed by atoms with Crippen LogP contribution in [-0.2, 0) is 16.0 Å². The van der Waals surface area contributed by atoms with Crippen LogP contribution in [-0.4, -0.2) is 36.1 Å². The van der Waals surface area contributed by atoms with Crippen LogP contribution < -0.4 is 10.6 Å². The highest BCUT2D eigenvalue weighted by atomic mass is 32.1. The third kappa shape index (κ3) is 5.85. The number of nitrogens with one attached hydrogen (secondary N) is 2. The van der Waals surface area contributed by atoms with Gasteiger partial charge in [-0.3, -0.25) is 14.9 Å². The van der Waals surface area contributed by atoms with Gasteiger partial charge in [0.1, 0.15) is 6.04 Å². The summed E-state index contributed by atoms with van der Waals surface area (Å²) in [7, 11) is 0. The predicted octanol–water partition coefficient (Wildman–Crippen LogP) is 1.11. The Bertz CT molecular complexity index is 404. The minimum absolute atomic E-state index is 0.0274. The van der Waals surface area contributed by atoms with E-state index in [1.54, 1.807) is 25.2 Å². The van der Waals surface area contributed by atoms with Gasteiger partial charge in [-0.25, -0.2) is 0 Å². The molecule has 0 aliphatic heterocycles. The summed E-state index contributed by atoms with van der Waals surface area (Å²) in [5, 5.41) is 16.5. The van der Waals surface area contributed by atoms with Gasteiger partial charge in [0.2, 0.25) is 5.91 Å². The molecule has 19 heavy (non-hydrogen) atoms. The van der Waals surface area contributed by atoms with Crippen LogP contribution in [0.2, 0.25) is 0 Å². The van der Waals surface area contributed by atoms with Gasteiger partial charge in [0.15, 0.2) is 0 Å². The first-order valence-electron chi connectivity index (χ1n) is 6.26. The molecular formula is C13H20N2O3S. The average Bonchev–Trinajstić information content (AvgIpc) is 2.81. The highest BCUT2D eigenvalue weighted by Gasteiger charge is 2.21. The number of carboxylic acid groups (broad SMARTS) is 1. The lowest BCUT2D eigenvalue weighted by Gasteiger charge is -2.17. The zero-order chi connectivity index (χ0) is 14.3. The number of carboxylic acids is 1. The highest BCUT2D eigenvalue weighted by Crippen LogP contribution is 2.07. The largest absolute Gasteiger partial charge is 0.480 e. The molecule has 1 heterocycles. The molecule has 0 aromatic carbocycles. The van der Waals surface area contributed by atoms with E-state index in [9.17, 15) is 9.59 Å². The maximum Gasteiger partial charge on any atom is 0.320 e. The topological polar surface area (TPSA) is 78.4 Å². The summed E-state index contributed by atoms with van der Waals surface area (Å²) in [5.41, 5.74) is 0. The first-order chi connectivity index (χ1) is 9.00. The van der Waals surface area contributed by atoms with E-state index < -0.39 is 12.0 Å². The fourth-order valence-electron chi connectivity index (χ4n) is 1.65. The van der Waals surface area contributed by atoms with Crippen molar-refractivity contribution in [3.8, 4) is 0 Å². The third-order valence-electron chi connectivity index (χ3n) is 2.69. The van der Waals surface area contributed by atoms with E-state index in [0.29, 0.717) is 6.54 Å². The van der Waals surface area contributed by atoms with Crippen molar-refractivity contribution in [1.29, 1.82) is 0 Å². The van der Waals surface area contributed by atoms with Crippen molar-refractivity contribution in [2.45, 2.75) is 26.3 Å². The number of aliphatic carboxylic acids is 1. The molecule has 0 aliphatic rings. The molecule has 1 aromatic heterocycles. The summed E-state index contributed by atoms with van der Waals surface area (Å²) >= 11 is 1.66. The van der Waals surface area contributed by atoms with Crippen LogP contribution >= 0.6 is 11.3 Å². The van der Waals surface area contributed by atoms with Gasteiger partial charge in [-0.15, -0.1) is 11.3 Å². The van der Waals surface area contributed by atoms with Gasteiger partial charge in [-0.05, 0) is 23.8 Å². The van der Waals surface area contributed by atoms with Crippen LogP contribution in [0, 0.1) is 5.92 Å². The zero-order valence-electron chi connectivity index (χ0n) is 11.2. The molecule has 0 fully saturated rings. The summed E-state index contributed by atoms with van der Waals surface area (Å²) in [6.07, 6.45) is 0.802. The standard InChI is InChI=1S/C13H20N2O3S/c1-9(2)12(13(17)18)15-8-11(16)14-6-5-10-4-3-7-19-10/h3-4,7,9,12,15H,5-6,8H2,1-2H3,(H,14,16)(H,17,18). The van der Waals surface area contributed by atoms with Crippen molar-refractivity contribution in [2.24, 2.45) is 5.92 Å². The number of carbonyl (C=O) groups is 2. The van der Waals surface area contributed by atoms with Crippen molar-refractivity contribution in [3.63, 3.8) is 0 Å². The third-order valence-corrected chi connectivity index (χ3v) is 3.63. The zero-order valence-corrected chi connectivity index (χ0v) is 12.0. The van der Waals surface area contributed by atoms with E-state index in [1.807, 2.05) is 17.5 Å². The van der Waals surface area contributed by atoms with Crippen molar-refractivity contribution in [2.75, 3.05) is 13.1 Å². The summed E-state index contributed by atoms with van der Waals surface area (Å²) < 4.78 is 0. The molecule has 6 heteroatoms. The molecule has 0 saturated carbocycles. The minimum Gasteiger partial charge on any atom is -0.480 e. The van der Waals surface area contributed by atoms with Gasteiger partial charge < -0.3 is 10.4 Å². The molecule has 1 unspecified atom stereocenters. The molecule has 0 saturated heterocycles. The molecule has 1 rings (SSSR count). The Morgan fingerprint density at radius 1 is 1.42 bits per heavy atom. The van der Waals surface area contributed by atoms with Gasteiger partial charge in [0.25, 0.3) is 0 Å². The fourth-order valence-corrected chi connectivity index (χ4v) is 2.36. The first kappa shape index (κ1) is 15.7. The SMILES string of the molecule is CC(C)C(NCC(=O)NCCc1cccs1)C(=O)O. The number of rotatable bonds is 8. The van der Waals surface area contributed by atoms with Crippen LogP contribution in [0.5, 0.6) is 0 Å². The maximum atomic E-state index is 11.6. The van der Waals surface area contributed by atoms with Crippen LogP contribution in [0.1, 0.15) is 18.7 Å². The second-order valence-electron chi connectivity index (χ2n) is 4.62. The Hall–Kier alpha value is -1.40. The quantitative estimate of drug-likeness (QED) is 0.668. The second kappa shape index (κ2) is 7.91. The smallest absolute Gasteiger partial charge is 0.320 e. The lowest BCUT2D eigenvalue weighted by molar-refractivity contribution is -0.140. The molecule has 1 atom stereocenters. The summed E-state index contributed by atoms with van der Waals surface area (Å²) in [5.74, 6) is -1.17. The molecule has 1 amide bonds. The van der Waals surface area contributed by atoms with E-state index >= 15 is 0 Å². The number of thiophene rings is 1. The number of hydrogen-bond donors (Lipinski definition) is 3. The maximum absolute atomic E-state index is 11.6. The summed E-state index contributed by atoms with van der Waals surface area (Å²) in [6, 6.07) is 3.31.